The Bertz CT molecular complexity index is 1020. The van der Waals surface area contributed by atoms with Crippen molar-refractivity contribution in [1.82, 2.24) is 5.16 Å². The van der Waals surface area contributed by atoms with Crippen LogP contribution in [0.2, 0.25) is 0 Å². The largest absolute Gasteiger partial charge is 0.495 e. The number of para-hydroxylation sites is 2. The molecule has 8 nitrogen and oxygen atoms in total. The molecule has 156 valence electrons. The summed E-state index contributed by atoms with van der Waals surface area (Å²) in [5.74, 6) is 0.582. The number of ether oxygens (including phenoxy) is 3. The highest BCUT2D eigenvalue weighted by Crippen LogP contribution is 2.23. The summed E-state index contributed by atoms with van der Waals surface area (Å²) in [5.41, 5.74) is 2.38. The summed E-state index contributed by atoms with van der Waals surface area (Å²) in [4.78, 5) is 24.4. The second kappa shape index (κ2) is 9.60. The lowest BCUT2D eigenvalue weighted by Crippen LogP contribution is -2.21. The van der Waals surface area contributed by atoms with Crippen molar-refractivity contribution in [1.29, 1.82) is 0 Å². The van der Waals surface area contributed by atoms with E-state index in [4.69, 9.17) is 18.7 Å². The van der Waals surface area contributed by atoms with Gasteiger partial charge < -0.3 is 24.1 Å². The predicted octanol–water partition coefficient (Wildman–Crippen LogP) is 3.67. The maximum atomic E-state index is 12.3. The van der Waals surface area contributed by atoms with Gasteiger partial charge in [-0.15, -0.1) is 0 Å². The molecule has 30 heavy (non-hydrogen) atoms. The molecule has 0 radical (unpaired) electrons. The number of carbonyl (C=O) groups is 2. The zero-order chi connectivity index (χ0) is 21.5. The van der Waals surface area contributed by atoms with Crippen molar-refractivity contribution in [3.05, 3.63) is 71.1 Å². The molecule has 3 aromatic rings. The van der Waals surface area contributed by atoms with Gasteiger partial charge in [0.15, 0.2) is 6.61 Å². The Balaban J connectivity index is 1.55. The number of nitrogens with zero attached hydrogens (tertiary/aromatic N) is 1. The summed E-state index contributed by atoms with van der Waals surface area (Å²) in [6.45, 7) is 3.48. The molecule has 8 heteroatoms. The first-order valence-electron chi connectivity index (χ1n) is 9.22. The molecule has 0 saturated carbocycles. The van der Waals surface area contributed by atoms with Crippen molar-refractivity contribution in [3.8, 4) is 11.5 Å². The summed E-state index contributed by atoms with van der Waals surface area (Å²) in [7, 11) is 1.51. The van der Waals surface area contributed by atoms with E-state index in [-0.39, 0.29) is 12.2 Å². The van der Waals surface area contributed by atoms with Crippen molar-refractivity contribution in [2.24, 2.45) is 0 Å². The van der Waals surface area contributed by atoms with E-state index in [2.05, 4.69) is 10.5 Å². The van der Waals surface area contributed by atoms with Crippen LogP contribution in [0.5, 0.6) is 11.5 Å². The molecule has 1 amide bonds. The van der Waals surface area contributed by atoms with Gasteiger partial charge in [0.1, 0.15) is 23.9 Å². The highest BCUT2D eigenvalue weighted by atomic mass is 16.5. The SMILES string of the molecule is COc1ccccc1NC(=O)COC(=O)c1cccc(OCc2c(C)noc2C)c1. The Morgan fingerprint density at radius 2 is 1.90 bits per heavy atom. The first-order valence-corrected chi connectivity index (χ1v) is 9.22. The van der Waals surface area contributed by atoms with Crippen molar-refractivity contribution >= 4 is 17.6 Å². The molecular formula is C22H22N2O6. The third kappa shape index (κ3) is 5.16. The molecule has 0 saturated heterocycles. The van der Waals surface area contributed by atoms with E-state index in [0.717, 1.165) is 11.3 Å². The van der Waals surface area contributed by atoms with Crippen LogP contribution < -0.4 is 14.8 Å². The molecule has 0 spiro atoms. The molecule has 2 aromatic carbocycles. The predicted molar refractivity (Wildman–Crippen MR) is 109 cm³/mol. The number of nitrogens with one attached hydrogen (secondary N) is 1. The van der Waals surface area contributed by atoms with E-state index in [1.807, 2.05) is 13.8 Å². The number of hydrogen-bond acceptors (Lipinski definition) is 7. The van der Waals surface area contributed by atoms with Gasteiger partial charge in [0.25, 0.3) is 5.91 Å². The minimum Gasteiger partial charge on any atom is -0.495 e. The zero-order valence-electron chi connectivity index (χ0n) is 16.9. The third-order valence-electron chi connectivity index (χ3n) is 4.35. The van der Waals surface area contributed by atoms with Crippen LogP contribution in [0.15, 0.2) is 53.1 Å². The number of aryl methyl sites for hydroxylation is 2. The van der Waals surface area contributed by atoms with E-state index in [0.29, 0.717) is 22.9 Å². The average molecular weight is 410 g/mol. The quantitative estimate of drug-likeness (QED) is 0.566. The van der Waals surface area contributed by atoms with Gasteiger partial charge in [0.05, 0.1) is 29.6 Å². The highest BCUT2D eigenvalue weighted by Gasteiger charge is 2.14. The Labute approximate surface area is 173 Å². The first-order chi connectivity index (χ1) is 14.5. The van der Waals surface area contributed by atoms with Gasteiger partial charge in [-0.1, -0.05) is 23.4 Å². The molecule has 1 aromatic heterocycles. The monoisotopic (exact) mass is 410 g/mol. The lowest BCUT2D eigenvalue weighted by molar-refractivity contribution is -0.119. The minimum atomic E-state index is -0.632. The molecule has 0 bridgehead atoms. The fourth-order valence-electron chi connectivity index (χ4n) is 2.72. The Morgan fingerprint density at radius 1 is 1.10 bits per heavy atom. The van der Waals surface area contributed by atoms with E-state index in [1.165, 1.54) is 7.11 Å². The summed E-state index contributed by atoms with van der Waals surface area (Å²) < 4.78 is 21.1. The van der Waals surface area contributed by atoms with Gasteiger partial charge >= 0.3 is 5.97 Å². The van der Waals surface area contributed by atoms with Gasteiger partial charge in [-0.3, -0.25) is 4.79 Å². The molecule has 0 atom stereocenters. The molecule has 0 aliphatic heterocycles. The molecule has 0 fully saturated rings. The minimum absolute atomic E-state index is 0.265. The Hall–Kier alpha value is -3.81. The van der Waals surface area contributed by atoms with Gasteiger partial charge in [-0.05, 0) is 44.2 Å². The topological polar surface area (TPSA) is 99.9 Å². The molecule has 1 heterocycles. The summed E-state index contributed by atoms with van der Waals surface area (Å²) in [6, 6.07) is 13.5. The number of carbonyl (C=O) groups excluding carboxylic acids is 2. The van der Waals surface area contributed by atoms with Crippen molar-refractivity contribution in [3.63, 3.8) is 0 Å². The van der Waals surface area contributed by atoms with Crippen LogP contribution in [0.3, 0.4) is 0 Å². The maximum Gasteiger partial charge on any atom is 0.338 e. The second-order valence-electron chi connectivity index (χ2n) is 6.44. The molecule has 0 unspecified atom stereocenters. The summed E-state index contributed by atoms with van der Waals surface area (Å²) in [6.07, 6.45) is 0. The number of rotatable bonds is 8. The number of aromatic nitrogens is 1. The lowest BCUT2D eigenvalue weighted by atomic mass is 10.2. The average Bonchev–Trinajstić information content (AvgIpc) is 3.08. The van der Waals surface area contributed by atoms with Crippen molar-refractivity contribution in [2.45, 2.75) is 20.5 Å². The van der Waals surface area contributed by atoms with Crippen LogP contribution in [0.1, 0.15) is 27.4 Å². The molecule has 3 rings (SSSR count). The van der Waals surface area contributed by atoms with Crippen LogP contribution in [0, 0.1) is 13.8 Å². The van der Waals surface area contributed by atoms with Crippen LogP contribution in [-0.4, -0.2) is 30.7 Å². The lowest BCUT2D eigenvalue weighted by Gasteiger charge is -2.10. The second-order valence-corrected chi connectivity index (χ2v) is 6.44. The molecular weight excluding hydrogens is 388 g/mol. The molecule has 0 aliphatic rings. The number of hydrogen-bond donors (Lipinski definition) is 1. The van der Waals surface area contributed by atoms with Crippen molar-refractivity contribution < 1.29 is 28.3 Å². The standard InChI is InChI=1S/C22H22N2O6/c1-14-18(15(2)30-24-14)12-28-17-8-6-7-16(11-17)22(26)29-13-21(25)23-19-9-4-5-10-20(19)27-3/h4-11H,12-13H2,1-3H3,(H,23,25). The van der Waals surface area contributed by atoms with Gasteiger partial charge in [0, 0.05) is 0 Å². The van der Waals surface area contributed by atoms with E-state index in [1.54, 1.807) is 48.5 Å². The fourth-order valence-corrected chi connectivity index (χ4v) is 2.72. The first kappa shape index (κ1) is 20.9. The van der Waals surface area contributed by atoms with E-state index in [9.17, 15) is 9.59 Å². The third-order valence-corrected chi connectivity index (χ3v) is 4.35. The maximum absolute atomic E-state index is 12.3. The normalized spacial score (nSPS) is 10.4. The zero-order valence-corrected chi connectivity index (χ0v) is 16.9. The van der Waals surface area contributed by atoms with Gasteiger partial charge in [0.2, 0.25) is 0 Å². The highest BCUT2D eigenvalue weighted by molar-refractivity contribution is 5.96. The number of amides is 1. The molecule has 0 aliphatic carbocycles. The fraction of sp³-hybridized carbons (Fsp3) is 0.227. The van der Waals surface area contributed by atoms with Crippen molar-refractivity contribution in [2.75, 3.05) is 19.0 Å². The van der Waals surface area contributed by atoms with Crippen LogP contribution >= 0.6 is 0 Å². The van der Waals surface area contributed by atoms with E-state index >= 15 is 0 Å². The van der Waals surface area contributed by atoms with Crippen LogP contribution in [-0.2, 0) is 16.1 Å². The number of esters is 1. The summed E-state index contributed by atoms with van der Waals surface area (Å²) >= 11 is 0. The van der Waals surface area contributed by atoms with Crippen LogP contribution in [0.25, 0.3) is 0 Å². The number of anilines is 1. The van der Waals surface area contributed by atoms with Gasteiger partial charge in [-0.2, -0.15) is 0 Å². The Kier molecular flexibility index (Phi) is 6.69. The van der Waals surface area contributed by atoms with Crippen LogP contribution in [0.4, 0.5) is 5.69 Å². The number of benzene rings is 2. The molecule has 1 N–H and O–H groups in total. The summed E-state index contributed by atoms with van der Waals surface area (Å²) in [5, 5.41) is 6.53. The number of methoxy groups -OCH3 is 1. The Morgan fingerprint density at radius 3 is 2.63 bits per heavy atom. The smallest absolute Gasteiger partial charge is 0.338 e. The van der Waals surface area contributed by atoms with Gasteiger partial charge in [-0.25, -0.2) is 4.79 Å². The van der Waals surface area contributed by atoms with E-state index < -0.39 is 18.5 Å².